The van der Waals surface area contributed by atoms with Crippen molar-refractivity contribution < 1.29 is 4.79 Å². The van der Waals surface area contributed by atoms with Crippen LogP contribution < -0.4 is 4.90 Å². The lowest BCUT2D eigenvalue weighted by Gasteiger charge is -2.16. The molecule has 0 N–H and O–H groups in total. The summed E-state index contributed by atoms with van der Waals surface area (Å²) in [6.07, 6.45) is 3.23. The fourth-order valence-electron chi connectivity index (χ4n) is 2.13. The van der Waals surface area contributed by atoms with Crippen molar-refractivity contribution in [3.63, 3.8) is 0 Å². The second-order valence-corrected chi connectivity index (χ2v) is 5.29. The number of amides is 1. The van der Waals surface area contributed by atoms with E-state index in [0.29, 0.717) is 5.02 Å². The molecule has 0 aliphatic heterocycles. The van der Waals surface area contributed by atoms with E-state index in [2.05, 4.69) is 4.98 Å². The van der Waals surface area contributed by atoms with E-state index in [4.69, 9.17) is 11.6 Å². The number of anilines is 1. The van der Waals surface area contributed by atoms with Crippen LogP contribution in [0.15, 0.2) is 67.1 Å². The molecule has 1 heterocycles. The van der Waals surface area contributed by atoms with E-state index in [1.165, 1.54) is 10.9 Å². The molecule has 110 valence electrons. The van der Waals surface area contributed by atoms with Crippen molar-refractivity contribution in [3.8, 4) is 11.3 Å². The van der Waals surface area contributed by atoms with Gasteiger partial charge in [0.15, 0.2) is 0 Å². The van der Waals surface area contributed by atoms with Gasteiger partial charge in [0.2, 0.25) is 0 Å². The van der Waals surface area contributed by atoms with Crippen LogP contribution in [0.25, 0.3) is 11.3 Å². The Labute approximate surface area is 133 Å². The van der Waals surface area contributed by atoms with Gasteiger partial charge in [-0.2, -0.15) is 0 Å². The van der Waals surface area contributed by atoms with Gasteiger partial charge in [0, 0.05) is 29.5 Å². The molecule has 1 aromatic heterocycles. The first kappa shape index (κ1) is 14.4. The molecular formula is C17H14ClN3O. The zero-order chi connectivity index (χ0) is 15.5. The number of hydrogen-bond donors (Lipinski definition) is 0. The lowest BCUT2D eigenvalue weighted by Crippen LogP contribution is -2.30. The van der Waals surface area contributed by atoms with Crippen molar-refractivity contribution in [2.45, 2.75) is 0 Å². The number of para-hydroxylation sites is 1. The summed E-state index contributed by atoms with van der Waals surface area (Å²) in [5.74, 6) is 0. The maximum Gasteiger partial charge on any atom is 0.333 e. The van der Waals surface area contributed by atoms with Crippen molar-refractivity contribution >= 4 is 23.3 Å². The minimum absolute atomic E-state index is 0.168. The molecule has 0 saturated heterocycles. The molecule has 3 rings (SSSR count). The summed E-state index contributed by atoms with van der Waals surface area (Å²) in [5.41, 5.74) is 2.47. The number of imidazole rings is 1. The molecule has 0 saturated carbocycles. The molecule has 0 fully saturated rings. The number of carbonyl (C=O) groups is 1. The Balaban J connectivity index is 1.84. The third-order valence-electron chi connectivity index (χ3n) is 3.37. The highest BCUT2D eigenvalue weighted by Crippen LogP contribution is 2.20. The van der Waals surface area contributed by atoms with E-state index in [0.717, 1.165) is 16.9 Å². The first-order valence-corrected chi connectivity index (χ1v) is 7.16. The van der Waals surface area contributed by atoms with E-state index in [-0.39, 0.29) is 6.03 Å². The predicted molar refractivity (Wildman–Crippen MR) is 88.3 cm³/mol. The van der Waals surface area contributed by atoms with E-state index >= 15 is 0 Å². The summed E-state index contributed by atoms with van der Waals surface area (Å²) in [5, 5.41) is 0.670. The Kier molecular flexibility index (Phi) is 3.94. The number of benzene rings is 2. The Morgan fingerprint density at radius 1 is 1.09 bits per heavy atom. The third-order valence-corrected chi connectivity index (χ3v) is 3.63. The maximum absolute atomic E-state index is 12.5. The van der Waals surface area contributed by atoms with Crippen LogP contribution in [0.3, 0.4) is 0 Å². The SMILES string of the molecule is CN(C(=O)n1cnc(-c2ccc(Cl)cc2)c1)c1ccccc1. The van der Waals surface area contributed by atoms with Gasteiger partial charge in [0.05, 0.1) is 5.69 Å². The van der Waals surface area contributed by atoms with Crippen LogP contribution in [0.4, 0.5) is 10.5 Å². The zero-order valence-corrected chi connectivity index (χ0v) is 12.7. The van der Waals surface area contributed by atoms with E-state index < -0.39 is 0 Å². The number of nitrogens with zero attached hydrogens (tertiary/aromatic N) is 3. The van der Waals surface area contributed by atoms with Crippen LogP contribution in [0.2, 0.25) is 5.02 Å². The van der Waals surface area contributed by atoms with E-state index in [1.807, 2.05) is 42.5 Å². The molecule has 0 aliphatic rings. The van der Waals surface area contributed by atoms with Crippen LogP contribution in [0.1, 0.15) is 0 Å². The molecule has 22 heavy (non-hydrogen) atoms. The fraction of sp³-hybridized carbons (Fsp3) is 0.0588. The number of rotatable bonds is 2. The van der Waals surface area contributed by atoms with E-state index in [1.54, 1.807) is 30.3 Å². The summed E-state index contributed by atoms with van der Waals surface area (Å²) in [6.45, 7) is 0. The summed E-state index contributed by atoms with van der Waals surface area (Å²) < 4.78 is 1.47. The Morgan fingerprint density at radius 3 is 2.45 bits per heavy atom. The van der Waals surface area contributed by atoms with Crippen LogP contribution >= 0.6 is 11.6 Å². The average Bonchev–Trinajstić information content (AvgIpc) is 3.05. The van der Waals surface area contributed by atoms with Gasteiger partial charge in [-0.15, -0.1) is 0 Å². The number of halogens is 1. The van der Waals surface area contributed by atoms with Crippen LogP contribution in [-0.2, 0) is 0 Å². The molecule has 0 spiro atoms. The topological polar surface area (TPSA) is 38.1 Å². The summed E-state index contributed by atoms with van der Waals surface area (Å²) in [7, 11) is 1.74. The summed E-state index contributed by atoms with van der Waals surface area (Å²) in [4.78, 5) is 18.3. The zero-order valence-electron chi connectivity index (χ0n) is 12.0. The minimum Gasteiger partial charge on any atom is -0.297 e. The molecule has 3 aromatic rings. The second-order valence-electron chi connectivity index (χ2n) is 4.85. The first-order chi connectivity index (χ1) is 10.6. The number of aromatic nitrogens is 2. The quantitative estimate of drug-likeness (QED) is 0.707. The Morgan fingerprint density at radius 2 is 1.77 bits per heavy atom. The molecular weight excluding hydrogens is 298 g/mol. The molecule has 5 heteroatoms. The highest BCUT2D eigenvalue weighted by molar-refractivity contribution is 6.30. The van der Waals surface area contributed by atoms with Gasteiger partial charge in [0.1, 0.15) is 6.33 Å². The summed E-state index contributed by atoms with van der Waals surface area (Å²) in [6, 6.07) is 16.7. The van der Waals surface area contributed by atoms with Crippen molar-refractivity contribution in [2.75, 3.05) is 11.9 Å². The number of hydrogen-bond acceptors (Lipinski definition) is 2. The molecule has 0 aliphatic carbocycles. The van der Waals surface area contributed by atoms with Crippen LogP contribution in [0, 0.1) is 0 Å². The normalized spacial score (nSPS) is 10.5. The fourth-order valence-corrected chi connectivity index (χ4v) is 2.26. The summed E-state index contributed by atoms with van der Waals surface area (Å²) >= 11 is 5.88. The number of carbonyl (C=O) groups excluding carboxylic acids is 1. The maximum atomic E-state index is 12.5. The van der Waals surface area contributed by atoms with Crippen molar-refractivity contribution in [1.82, 2.24) is 9.55 Å². The van der Waals surface area contributed by atoms with Crippen LogP contribution in [0.5, 0.6) is 0 Å². The highest BCUT2D eigenvalue weighted by atomic mass is 35.5. The van der Waals surface area contributed by atoms with E-state index in [9.17, 15) is 4.79 Å². The Bertz CT molecular complexity index is 781. The monoisotopic (exact) mass is 311 g/mol. The lowest BCUT2D eigenvalue weighted by molar-refractivity contribution is 0.249. The minimum atomic E-state index is -0.168. The van der Waals surface area contributed by atoms with Gasteiger partial charge in [-0.25, -0.2) is 9.78 Å². The first-order valence-electron chi connectivity index (χ1n) is 6.78. The molecule has 0 atom stereocenters. The van der Waals surface area contributed by atoms with Crippen molar-refractivity contribution in [3.05, 3.63) is 72.1 Å². The predicted octanol–water partition coefficient (Wildman–Crippen LogP) is 4.31. The van der Waals surface area contributed by atoms with Gasteiger partial charge < -0.3 is 0 Å². The molecule has 0 bridgehead atoms. The molecule has 1 amide bonds. The van der Waals surface area contributed by atoms with Crippen molar-refractivity contribution in [2.24, 2.45) is 0 Å². The largest absolute Gasteiger partial charge is 0.333 e. The van der Waals surface area contributed by atoms with Gasteiger partial charge >= 0.3 is 6.03 Å². The standard InChI is InChI=1S/C17H14ClN3O/c1-20(15-5-3-2-4-6-15)17(22)21-11-16(19-12-21)13-7-9-14(18)10-8-13/h2-12H,1H3. The third kappa shape index (κ3) is 2.87. The van der Waals surface area contributed by atoms with Gasteiger partial charge in [0.25, 0.3) is 0 Å². The highest BCUT2D eigenvalue weighted by Gasteiger charge is 2.14. The van der Waals surface area contributed by atoms with Gasteiger partial charge in [-0.05, 0) is 24.3 Å². The lowest BCUT2D eigenvalue weighted by atomic mass is 10.2. The second kappa shape index (κ2) is 6.03. The Hall–Kier alpha value is -2.59. The molecule has 2 aromatic carbocycles. The average molecular weight is 312 g/mol. The molecule has 0 radical (unpaired) electrons. The molecule has 4 nitrogen and oxygen atoms in total. The van der Waals surface area contributed by atoms with Crippen LogP contribution in [-0.4, -0.2) is 22.6 Å². The van der Waals surface area contributed by atoms with Gasteiger partial charge in [-0.3, -0.25) is 9.47 Å². The van der Waals surface area contributed by atoms with Gasteiger partial charge in [-0.1, -0.05) is 41.9 Å². The smallest absolute Gasteiger partial charge is 0.297 e. The molecule has 0 unspecified atom stereocenters. The van der Waals surface area contributed by atoms with Crippen molar-refractivity contribution in [1.29, 1.82) is 0 Å².